The van der Waals surface area contributed by atoms with Gasteiger partial charge in [-0.2, -0.15) is 0 Å². The average molecular weight is 300 g/mol. The zero-order valence-electron chi connectivity index (χ0n) is 10.7. The first-order chi connectivity index (χ1) is 9.13. The predicted molar refractivity (Wildman–Crippen MR) is 77.2 cm³/mol. The zero-order valence-corrected chi connectivity index (χ0v) is 12.3. The van der Waals surface area contributed by atoms with Crippen molar-refractivity contribution in [3.05, 3.63) is 51.9 Å². The van der Waals surface area contributed by atoms with Crippen LogP contribution in [0.15, 0.2) is 34.7 Å². The van der Waals surface area contributed by atoms with Crippen LogP contribution in [0.2, 0.25) is 10.2 Å². The third-order valence-electron chi connectivity index (χ3n) is 2.95. The number of furan rings is 1. The molecule has 1 aromatic heterocycles. The third kappa shape index (κ3) is 3.44. The summed E-state index contributed by atoms with van der Waals surface area (Å²) in [5.74, 6) is 1.59. The Morgan fingerprint density at radius 2 is 2.05 bits per heavy atom. The minimum Gasteiger partial charge on any atom is -0.496 e. The van der Waals surface area contributed by atoms with Crippen LogP contribution in [-0.2, 0) is 6.42 Å². The molecule has 5 heteroatoms. The second-order valence-electron chi connectivity index (χ2n) is 4.14. The molecule has 0 saturated heterocycles. The Labute approximate surface area is 122 Å². The van der Waals surface area contributed by atoms with E-state index in [1.807, 2.05) is 31.3 Å². The van der Waals surface area contributed by atoms with Crippen molar-refractivity contribution in [3.63, 3.8) is 0 Å². The number of halogens is 2. The highest BCUT2D eigenvalue weighted by atomic mass is 35.5. The topological polar surface area (TPSA) is 34.4 Å². The molecule has 0 radical (unpaired) electrons. The van der Waals surface area contributed by atoms with Crippen molar-refractivity contribution in [2.45, 2.75) is 12.5 Å². The fourth-order valence-corrected chi connectivity index (χ4v) is 2.33. The molecule has 0 saturated carbocycles. The number of hydrogen-bond donors (Lipinski definition) is 1. The van der Waals surface area contributed by atoms with Gasteiger partial charge in [-0.05, 0) is 61.0 Å². The van der Waals surface area contributed by atoms with E-state index in [4.69, 9.17) is 32.4 Å². The minimum absolute atomic E-state index is 0.0138. The first-order valence-electron chi connectivity index (χ1n) is 5.89. The predicted octanol–water partition coefficient (Wildman–Crippen LogP) is 4.10. The average Bonchev–Trinajstić information content (AvgIpc) is 2.82. The zero-order chi connectivity index (χ0) is 13.8. The van der Waals surface area contributed by atoms with Gasteiger partial charge in [-0.25, -0.2) is 0 Å². The first-order valence-corrected chi connectivity index (χ1v) is 6.64. The number of likely N-dealkylation sites (N-methyl/N-ethyl adjacent to an activating group) is 1. The molecule has 1 N–H and O–H groups in total. The van der Waals surface area contributed by atoms with Crippen LogP contribution in [0.1, 0.15) is 17.4 Å². The molecule has 0 spiro atoms. The molecule has 0 aliphatic rings. The number of nitrogens with one attached hydrogen (secondary N) is 1. The molecule has 19 heavy (non-hydrogen) atoms. The smallest absolute Gasteiger partial charge is 0.193 e. The van der Waals surface area contributed by atoms with Crippen LogP contribution in [0.3, 0.4) is 0 Å². The van der Waals surface area contributed by atoms with E-state index in [2.05, 4.69) is 5.32 Å². The molecule has 1 aromatic carbocycles. The van der Waals surface area contributed by atoms with Crippen molar-refractivity contribution in [2.24, 2.45) is 0 Å². The second kappa shape index (κ2) is 6.33. The molecule has 2 rings (SSSR count). The van der Waals surface area contributed by atoms with Gasteiger partial charge < -0.3 is 14.5 Å². The Balaban J connectivity index is 2.25. The van der Waals surface area contributed by atoms with E-state index < -0.39 is 0 Å². The van der Waals surface area contributed by atoms with Crippen LogP contribution in [0.4, 0.5) is 0 Å². The Kier molecular flexibility index (Phi) is 4.75. The molecule has 1 unspecified atom stereocenters. The molecule has 0 fully saturated rings. The molecule has 1 atom stereocenters. The lowest BCUT2D eigenvalue weighted by Crippen LogP contribution is -2.18. The van der Waals surface area contributed by atoms with Crippen LogP contribution in [0, 0.1) is 0 Å². The van der Waals surface area contributed by atoms with Crippen LogP contribution in [-0.4, -0.2) is 14.2 Å². The van der Waals surface area contributed by atoms with Crippen LogP contribution in [0.5, 0.6) is 5.75 Å². The van der Waals surface area contributed by atoms with Gasteiger partial charge in [0.15, 0.2) is 5.22 Å². The standard InChI is InChI=1S/C14H15Cl2NO2/c1-17-11(13-5-6-14(16)19-13)8-9-7-10(15)3-4-12(9)18-2/h3-7,11,17H,8H2,1-2H3. The summed E-state index contributed by atoms with van der Waals surface area (Å²) < 4.78 is 10.8. The summed E-state index contributed by atoms with van der Waals surface area (Å²) in [5.41, 5.74) is 1.02. The van der Waals surface area contributed by atoms with Crippen molar-refractivity contribution >= 4 is 23.2 Å². The van der Waals surface area contributed by atoms with Gasteiger partial charge in [0.25, 0.3) is 0 Å². The monoisotopic (exact) mass is 299 g/mol. The summed E-state index contributed by atoms with van der Waals surface area (Å²) in [6, 6.07) is 9.17. The van der Waals surface area contributed by atoms with Gasteiger partial charge >= 0.3 is 0 Å². The van der Waals surface area contributed by atoms with Crippen molar-refractivity contribution in [2.75, 3.05) is 14.2 Å². The Morgan fingerprint density at radius 1 is 1.26 bits per heavy atom. The molecule has 0 aliphatic carbocycles. The Bertz CT molecular complexity index is 554. The second-order valence-corrected chi connectivity index (χ2v) is 4.95. The summed E-state index contributed by atoms with van der Waals surface area (Å²) in [4.78, 5) is 0. The molecular weight excluding hydrogens is 285 g/mol. The maximum Gasteiger partial charge on any atom is 0.193 e. The molecule has 102 valence electrons. The number of benzene rings is 1. The summed E-state index contributed by atoms with van der Waals surface area (Å²) >= 11 is 11.8. The molecule has 0 amide bonds. The van der Waals surface area contributed by atoms with Gasteiger partial charge in [0.2, 0.25) is 0 Å². The minimum atomic E-state index is 0.0138. The molecule has 0 aliphatic heterocycles. The molecule has 3 nitrogen and oxygen atoms in total. The fraction of sp³-hybridized carbons (Fsp3) is 0.286. The number of methoxy groups -OCH3 is 1. The number of hydrogen-bond acceptors (Lipinski definition) is 3. The van der Waals surface area contributed by atoms with Crippen LogP contribution in [0.25, 0.3) is 0 Å². The maximum atomic E-state index is 6.03. The van der Waals surface area contributed by atoms with E-state index >= 15 is 0 Å². The van der Waals surface area contributed by atoms with Crippen LogP contribution >= 0.6 is 23.2 Å². The molecule has 1 heterocycles. The maximum absolute atomic E-state index is 6.03. The fourth-order valence-electron chi connectivity index (χ4n) is 1.99. The van der Waals surface area contributed by atoms with Gasteiger partial charge in [0.1, 0.15) is 11.5 Å². The first kappa shape index (κ1) is 14.3. The van der Waals surface area contributed by atoms with Gasteiger partial charge in [0, 0.05) is 5.02 Å². The van der Waals surface area contributed by atoms with E-state index in [-0.39, 0.29) is 6.04 Å². The summed E-state index contributed by atoms with van der Waals surface area (Å²) in [6.07, 6.45) is 0.698. The van der Waals surface area contributed by atoms with E-state index in [0.717, 1.165) is 17.1 Å². The Morgan fingerprint density at radius 3 is 2.63 bits per heavy atom. The van der Waals surface area contributed by atoms with Crippen molar-refractivity contribution in [1.29, 1.82) is 0 Å². The van der Waals surface area contributed by atoms with E-state index in [1.165, 1.54) is 0 Å². The highest BCUT2D eigenvalue weighted by Gasteiger charge is 2.16. The summed E-state index contributed by atoms with van der Waals surface area (Å²) in [7, 11) is 3.52. The van der Waals surface area contributed by atoms with E-state index in [1.54, 1.807) is 13.2 Å². The molecular formula is C14H15Cl2NO2. The lowest BCUT2D eigenvalue weighted by molar-refractivity contribution is 0.397. The normalized spacial score (nSPS) is 12.4. The number of rotatable bonds is 5. The van der Waals surface area contributed by atoms with Gasteiger partial charge in [-0.15, -0.1) is 0 Å². The van der Waals surface area contributed by atoms with Crippen molar-refractivity contribution in [3.8, 4) is 5.75 Å². The Hall–Kier alpha value is -1.16. The molecule has 0 bridgehead atoms. The lowest BCUT2D eigenvalue weighted by Gasteiger charge is -2.16. The van der Waals surface area contributed by atoms with Crippen LogP contribution < -0.4 is 10.1 Å². The summed E-state index contributed by atoms with van der Waals surface area (Å²) in [5, 5.41) is 4.27. The van der Waals surface area contributed by atoms with E-state index in [0.29, 0.717) is 16.7 Å². The van der Waals surface area contributed by atoms with Gasteiger partial charge in [0.05, 0.1) is 13.2 Å². The highest BCUT2D eigenvalue weighted by Crippen LogP contribution is 2.29. The SMILES string of the molecule is CNC(Cc1cc(Cl)ccc1OC)c1ccc(Cl)o1. The van der Waals surface area contributed by atoms with Crippen molar-refractivity contribution in [1.82, 2.24) is 5.32 Å². The van der Waals surface area contributed by atoms with Gasteiger partial charge in [-0.1, -0.05) is 11.6 Å². The third-order valence-corrected chi connectivity index (χ3v) is 3.39. The quantitative estimate of drug-likeness (QED) is 0.902. The molecule has 2 aromatic rings. The lowest BCUT2D eigenvalue weighted by atomic mass is 10.0. The summed E-state index contributed by atoms with van der Waals surface area (Å²) in [6.45, 7) is 0. The van der Waals surface area contributed by atoms with Crippen molar-refractivity contribution < 1.29 is 9.15 Å². The highest BCUT2D eigenvalue weighted by molar-refractivity contribution is 6.30. The number of ether oxygens (including phenoxy) is 1. The van der Waals surface area contributed by atoms with E-state index in [9.17, 15) is 0 Å². The van der Waals surface area contributed by atoms with Gasteiger partial charge in [-0.3, -0.25) is 0 Å². The largest absolute Gasteiger partial charge is 0.496 e.